The standard InChI is InChI=1S/C14H15ClN2O2/c1-2-16-4-5-17(14(16)18)9-11-8-12(15)7-10-3-6-19-13(10)11/h4-5,7-8H,2-3,6,9H2,1H3. The van der Waals surface area contributed by atoms with E-state index < -0.39 is 0 Å². The summed E-state index contributed by atoms with van der Waals surface area (Å²) in [5.41, 5.74) is 2.09. The third-order valence-corrected chi connectivity index (χ3v) is 3.64. The number of hydrogen-bond acceptors (Lipinski definition) is 2. The van der Waals surface area contributed by atoms with E-state index in [0.717, 1.165) is 23.3 Å². The van der Waals surface area contributed by atoms with Gasteiger partial charge in [0.15, 0.2) is 0 Å². The number of aromatic nitrogens is 2. The fraction of sp³-hybridized carbons (Fsp3) is 0.357. The van der Waals surface area contributed by atoms with E-state index in [2.05, 4.69) is 0 Å². The predicted molar refractivity (Wildman–Crippen MR) is 74.1 cm³/mol. The zero-order valence-electron chi connectivity index (χ0n) is 10.7. The van der Waals surface area contributed by atoms with E-state index in [0.29, 0.717) is 24.7 Å². The Kier molecular flexibility index (Phi) is 3.11. The van der Waals surface area contributed by atoms with E-state index in [1.807, 2.05) is 19.1 Å². The van der Waals surface area contributed by atoms with Crippen molar-refractivity contribution in [1.82, 2.24) is 9.13 Å². The Morgan fingerprint density at radius 2 is 2.11 bits per heavy atom. The number of imidazole rings is 1. The van der Waals surface area contributed by atoms with Crippen molar-refractivity contribution < 1.29 is 4.74 Å². The summed E-state index contributed by atoms with van der Waals surface area (Å²) in [6, 6.07) is 3.81. The molecule has 2 aromatic rings. The lowest BCUT2D eigenvalue weighted by molar-refractivity contribution is 0.352. The molecule has 3 rings (SSSR count). The molecule has 0 saturated carbocycles. The molecule has 1 aromatic carbocycles. The SMILES string of the molecule is CCn1ccn(Cc2cc(Cl)cc3c2OCC3)c1=O. The Hall–Kier alpha value is -1.68. The lowest BCUT2D eigenvalue weighted by Crippen LogP contribution is -2.23. The molecule has 0 aliphatic carbocycles. The van der Waals surface area contributed by atoms with Gasteiger partial charge >= 0.3 is 5.69 Å². The Labute approximate surface area is 116 Å². The number of hydrogen-bond donors (Lipinski definition) is 0. The van der Waals surface area contributed by atoms with Crippen LogP contribution in [0, 0.1) is 0 Å². The van der Waals surface area contributed by atoms with Gasteiger partial charge in [-0.05, 0) is 24.6 Å². The number of ether oxygens (including phenoxy) is 1. The summed E-state index contributed by atoms with van der Waals surface area (Å²) in [5, 5.41) is 0.697. The molecule has 5 heteroatoms. The molecule has 19 heavy (non-hydrogen) atoms. The maximum atomic E-state index is 12.0. The van der Waals surface area contributed by atoms with Crippen molar-refractivity contribution in [3.63, 3.8) is 0 Å². The molecule has 0 unspecified atom stereocenters. The van der Waals surface area contributed by atoms with Gasteiger partial charge in [-0.3, -0.25) is 9.13 Å². The van der Waals surface area contributed by atoms with Crippen LogP contribution in [0.1, 0.15) is 18.1 Å². The number of halogens is 1. The highest BCUT2D eigenvalue weighted by atomic mass is 35.5. The number of benzene rings is 1. The minimum atomic E-state index is -0.00535. The second-order valence-electron chi connectivity index (χ2n) is 4.65. The maximum absolute atomic E-state index is 12.0. The normalized spacial score (nSPS) is 13.4. The summed E-state index contributed by atoms with van der Waals surface area (Å²) in [7, 11) is 0. The van der Waals surface area contributed by atoms with Crippen LogP contribution in [0.4, 0.5) is 0 Å². The summed E-state index contributed by atoms with van der Waals surface area (Å²) < 4.78 is 9.00. The molecule has 0 fully saturated rings. The molecular formula is C14H15ClN2O2. The first-order chi connectivity index (χ1) is 9.19. The fourth-order valence-corrected chi connectivity index (χ4v) is 2.72. The van der Waals surface area contributed by atoms with Gasteiger partial charge < -0.3 is 4.74 Å². The van der Waals surface area contributed by atoms with Crippen molar-refractivity contribution >= 4 is 11.6 Å². The molecular weight excluding hydrogens is 264 g/mol. The summed E-state index contributed by atoms with van der Waals surface area (Å²) >= 11 is 6.12. The number of fused-ring (bicyclic) bond motifs is 1. The highest BCUT2D eigenvalue weighted by Gasteiger charge is 2.18. The van der Waals surface area contributed by atoms with Crippen molar-refractivity contribution in [2.45, 2.75) is 26.4 Å². The summed E-state index contributed by atoms with van der Waals surface area (Å²) in [5.74, 6) is 0.889. The first-order valence-electron chi connectivity index (χ1n) is 6.38. The van der Waals surface area contributed by atoms with Crippen molar-refractivity contribution in [2.75, 3.05) is 6.61 Å². The third kappa shape index (κ3) is 2.16. The van der Waals surface area contributed by atoms with Gasteiger partial charge in [-0.15, -0.1) is 0 Å². The van der Waals surface area contributed by atoms with E-state index in [1.165, 1.54) is 0 Å². The third-order valence-electron chi connectivity index (χ3n) is 3.42. The predicted octanol–water partition coefficient (Wildman–Crippen LogP) is 2.31. The largest absolute Gasteiger partial charge is 0.493 e. The zero-order chi connectivity index (χ0) is 13.4. The van der Waals surface area contributed by atoms with Crippen molar-refractivity contribution in [3.8, 4) is 5.75 Å². The van der Waals surface area contributed by atoms with E-state index in [1.54, 1.807) is 21.5 Å². The van der Waals surface area contributed by atoms with Crippen LogP contribution in [0.3, 0.4) is 0 Å². The second kappa shape index (κ2) is 4.78. The van der Waals surface area contributed by atoms with Gasteiger partial charge in [0.2, 0.25) is 0 Å². The molecule has 0 spiro atoms. The molecule has 100 valence electrons. The Balaban J connectivity index is 1.99. The molecule has 0 radical (unpaired) electrons. The van der Waals surface area contributed by atoms with Crippen LogP contribution >= 0.6 is 11.6 Å². The number of nitrogens with zero attached hydrogens (tertiary/aromatic N) is 2. The lowest BCUT2D eigenvalue weighted by atomic mass is 10.1. The van der Waals surface area contributed by atoms with Crippen LogP contribution in [-0.4, -0.2) is 15.7 Å². The quantitative estimate of drug-likeness (QED) is 0.864. The highest BCUT2D eigenvalue weighted by molar-refractivity contribution is 6.30. The molecule has 0 N–H and O–H groups in total. The monoisotopic (exact) mass is 278 g/mol. The summed E-state index contributed by atoms with van der Waals surface area (Å²) in [6.07, 6.45) is 4.48. The molecule has 4 nitrogen and oxygen atoms in total. The van der Waals surface area contributed by atoms with E-state index in [-0.39, 0.29) is 5.69 Å². The smallest absolute Gasteiger partial charge is 0.328 e. The van der Waals surface area contributed by atoms with Crippen molar-refractivity contribution in [1.29, 1.82) is 0 Å². The van der Waals surface area contributed by atoms with Gasteiger partial charge in [0, 0.05) is 35.9 Å². The molecule has 1 aromatic heterocycles. The molecule has 1 aliphatic rings. The van der Waals surface area contributed by atoms with Gasteiger partial charge in [0.1, 0.15) is 5.75 Å². The second-order valence-corrected chi connectivity index (χ2v) is 5.08. The van der Waals surface area contributed by atoms with Crippen LogP contribution in [0.15, 0.2) is 29.3 Å². The Morgan fingerprint density at radius 3 is 2.84 bits per heavy atom. The molecule has 0 atom stereocenters. The minimum absolute atomic E-state index is 0.00535. The summed E-state index contributed by atoms with van der Waals surface area (Å²) in [4.78, 5) is 12.0. The minimum Gasteiger partial charge on any atom is -0.493 e. The van der Waals surface area contributed by atoms with Crippen molar-refractivity contribution in [3.05, 3.63) is 51.2 Å². The van der Waals surface area contributed by atoms with Gasteiger partial charge in [0.05, 0.1) is 13.2 Å². The average Bonchev–Trinajstić information content (AvgIpc) is 2.97. The van der Waals surface area contributed by atoms with E-state index in [9.17, 15) is 4.79 Å². The molecule has 0 amide bonds. The maximum Gasteiger partial charge on any atom is 0.328 e. The van der Waals surface area contributed by atoms with Crippen LogP contribution in [-0.2, 0) is 19.5 Å². The van der Waals surface area contributed by atoms with E-state index >= 15 is 0 Å². The van der Waals surface area contributed by atoms with Gasteiger partial charge in [0.25, 0.3) is 0 Å². The highest BCUT2D eigenvalue weighted by Crippen LogP contribution is 2.33. The fourth-order valence-electron chi connectivity index (χ4n) is 2.46. The Bertz CT molecular complexity index is 673. The summed E-state index contributed by atoms with van der Waals surface area (Å²) in [6.45, 7) is 3.81. The molecule has 1 aliphatic heterocycles. The van der Waals surface area contributed by atoms with Crippen molar-refractivity contribution in [2.24, 2.45) is 0 Å². The van der Waals surface area contributed by atoms with E-state index in [4.69, 9.17) is 16.3 Å². The Morgan fingerprint density at radius 1 is 1.32 bits per heavy atom. The molecule has 0 saturated heterocycles. The van der Waals surface area contributed by atoms with Gasteiger partial charge in [-0.2, -0.15) is 0 Å². The molecule has 2 heterocycles. The number of rotatable bonds is 3. The average molecular weight is 279 g/mol. The van der Waals surface area contributed by atoms with Crippen LogP contribution in [0.2, 0.25) is 5.02 Å². The van der Waals surface area contributed by atoms with Gasteiger partial charge in [-0.1, -0.05) is 11.6 Å². The molecule has 0 bridgehead atoms. The zero-order valence-corrected chi connectivity index (χ0v) is 11.5. The number of aryl methyl sites for hydroxylation is 1. The lowest BCUT2D eigenvalue weighted by Gasteiger charge is -2.09. The topological polar surface area (TPSA) is 36.2 Å². The van der Waals surface area contributed by atoms with Crippen LogP contribution in [0.5, 0.6) is 5.75 Å². The van der Waals surface area contributed by atoms with Crippen LogP contribution < -0.4 is 10.4 Å². The van der Waals surface area contributed by atoms with Crippen LogP contribution in [0.25, 0.3) is 0 Å². The first-order valence-corrected chi connectivity index (χ1v) is 6.76. The van der Waals surface area contributed by atoms with Gasteiger partial charge in [-0.25, -0.2) is 4.79 Å². The first kappa shape index (κ1) is 12.4.